The van der Waals surface area contributed by atoms with Crippen molar-refractivity contribution in [1.29, 1.82) is 0 Å². The van der Waals surface area contributed by atoms with Crippen LogP contribution in [0.5, 0.6) is 0 Å². The molecule has 0 saturated carbocycles. The zero-order valence-electron chi connectivity index (χ0n) is 8.06. The molecule has 0 spiro atoms. The molecule has 0 aromatic carbocycles. The third-order valence-corrected chi connectivity index (χ3v) is 4.83. The monoisotopic (exact) mass is 234 g/mol. The van der Waals surface area contributed by atoms with E-state index in [9.17, 15) is 8.42 Å². The van der Waals surface area contributed by atoms with Crippen molar-refractivity contribution in [1.82, 2.24) is 10.2 Å². The van der Waals surface area contributed by atoms with Gasteiger partial charge in [-0.15, -0.1) is 0 Å². The van der Waals surface area contributed by atoms with Gasteiger partial charge < -0.3 is 10.2 Å². The smallest absolute Gasteiger partial charge is 0.169 e. The molecular weight excluding hydrogens is 220 g/mol. The van der Waals surface area contributed by atoms with Crippen molar-refractivity contribution < 1.29 is 8.42 Å². The van der Waals surface area contributed by atoms with Crippen LogP contribution in [-0.4, -0.2) is 48.6 Å². The normalized spacial score (nSPS) is 34.4. The minimum atomic E-state index is -2.84. The van der Waals surface area contributed by atoms with Gasteiger partial charge in [-0.1, -0.05) is 6.92 Å². The van der Waals surface area contributed by atoms with Gasteiger partial charge in [-0.05, 0) is 18.6 Å². The van der Waals surface area contributed by atoms with Gasteiger partial charge in [0.05, 0.1) is 23.6 Å². The second-order valence-electron chi connectivity index (χ2n) is 3.89. The number of rotatable bonds is 2. The Balaban J connectivity index is 2.17. The minimum absolute atomic E-state index is 0.0269. The van der Waals surface area contributed by atoms with Crippen LogP contribution < -0.4 is 5.32 Å². The Labute approximate surface area is 89.6 Å². The summed E-state index contributed by atoms with van der Waals surface area (Å²) in [7, 11) is -2.84. The van der Waals surface area contributed by atoms with Gasteiger partial charge in [-0.2, -0.15) is 0 Å². The van der Waals surface area contributed by atoms with E-state index in [0.29, 0.717) is 0 Å². The number of hydrogen-bond acceptors (Lipinski definition) is 3. The largest absolute Gasteiger partial charge is 0.357 e. The third kappa shape index (κ3) is 1.61. The number of hydrogen-bond donors (Lipinski definition) is 1. The fourth-order valence-corrected chi connectivity index (χ4v) is 4.47. The van der Waals surface area contributed by atoms with E-state index in [1.165, 1.54) is 0 Å². The van der Waals surface area contributed by atoms with Crippen LogP contribution in [0.2, 0.25) is 0 Å². The average Bonchev–Trinajstić information content (AvgIpc) is 2.47. The van der Waals surface area contributed by atoms with E-state index in [-0.39, 0.29) is 23.6 Å². The molecule has 0 unspecified atom stereocenters. The molecule has 4 nitrogen and oxygen atoms in total. The summed E-state index contributed by atoms with van der Waals surface area (Å²) in [4.78, 5) is 2.02. The molecule has 0 bridgehead atoms. The summed E-state index contributed by atoms with van der Waals surface area (Å²) < 4.78 is 22.8. The lowest BCUT2D eigenvalue weighted by atomic mass is 10.2. The highest BCUT2D eigenvalue weighted by molar-refractivity contribution is 7.91. The summed E-state index contributed by atoms with van der Waals surface area (Å²) in [5, 5.41) is 3.80. The van der Waals surface area contributed by atoms with Gasteiger partial charge in [0, 0.05) is 6.54 Å². The van der Waals surface area contributed by atoms with E-state index < -0.39 is 9.84 Å². The van der Waals surface area contributed by atoms with Gasteiger partial charge in [-0.25, -0.2) is 8.42 Å². The molecule has 2 rings (SSSR count). The van der Waals surface area contributed by atoms with Crippen LogP contribution in [0, 0.1) is 0 Å². The fourth-order valence-electron chi connectivity index (χ4n) is 2.17. The Kier molecular flexibility index (Phi) is 2.43. The van der Waals surface area contributed by atoms with Crippen molar-refractivity contribution in [3.8, 4) is 0 Å². The molecule has 6 heteroatoms. The fraction of sp³-hybridized carbons (Fsp3) is 0.875. The van der Waals surface area contributed by atoms with E-state index >= 15 is 0 Å². The Morgan fingerprint density at radius 1 is 1.57 bits per heavy atom. The predicted molar refractivity (Wildman–Crippen MR) is 59.0 cm³/mol. The van der Waals surface area contributed by atoms with Gasteiger partial charge in [-0.3, -0.25) is 0 Å². The van der Waals surface area contributed by atoms with Gasteiger partial charge in [0.1, 0.15) is 0 Å². The first-order valence-corrected chi connectivity index (χ1v) is 7.04. The maximum absolute atomic E-state index is 11.4. The summed E-state index contributed by atoms with van der Waals surface area (Å²) in [6.07, 6.45) is 0.991. The molecular formula is C8H14N2O2S2. The quantitative estimate of drug-likeness (QED) is 0.668. The molecule has 2 saturated heterocycles. The van der Waals surface area contributed by atoms with Crippen LogP contribution in [0.15, 0.2) is 0 Å². The van der Waals surface area contributed by atoms with Gasteiger partial charge in [0.25, 0.3) is 0 Å². The van der Waals surface area contributed by atoms with Crippen LogP contribution in [0.4, 0.5) is 0 Å². The van der Waals surface area contributed by atoms with Crippen LogP contribution >= 0.6 is 12.2 Å². The highest BCUT2D eigenvalue weighted by Crippen LogP contribution is 2.24. The number of nitrogens with one attached hydrogen (secondary N) is 1. The zero-order valence-corrected chi connectivity index (χ0v) is 9.70. The summed E-state index contributed by atoms with van der Waals surface area (Å²) >= 11 is 5.16. The lowest BCUT2D eigenvalue weighted by Crippen LogP contribution is -2.37. The Morgan fingerprint density at radius 3 is 2.93 bits per heavy atom. The molecule has 0 aromatic rings. The van der Waals surface area contributed by atoms with E-state index in [1.807, 2.05) is 4.90 Å². The molecule has 0 aromatic heterocycles. The van der Waals surface area contributed by atoms with Gasteiger partial charge in [0.2, 0.25) is 0 Å². The maximum atomic E-state index is 11.4. The van der Waals surface area contributed by atoms with Crippen molar-refractivity contribution in [2.75, 3.05) is 18.1 Å². The molecule has 80 valence electrons. The number of nitrogens with zero attached hydrogens (tertiary/aromatic N) is 1. The molecule has 14 heavy (non-hydrogen) atoms. The first-order valence-electron chi connectivity index (χ1n) is 4.81. The molecule has 2 aliphatic heterocycles. The molecule has 0 radical (unpaired) electrons. The summed E-state index contributed by atoms with van der Waals surface area (Å²) in [5.74, 6) is 0.489. The first-order chi connectivity index (χ1) is 6.53. The van der Waals surface area contributed by atoms with Crippen molar-refractivity contribution in [2.24, 2.45) is 0 Å². The van der Waals surface area contributed by atoms with Crippen LogP contribution in [0.25, 0.3) is 0 Å². The van der Waals surface area contributed by atoms with Crippen molar-refractivity contribution in [3.05, 3.63) is 0 Å². The number of fused-ring (bicyclic) bond motifs is 1. The van der Waals surface area contributed by atoms with E-state index in [2.05, 4.69) is 12.2 Å². The second-order valence-corrected chi connectivity index (χ2v) is 6.43. The van der Waals surface area contributed by atoms with Gasteiger partial charge in [0.15, 0.2) is 14.9 Å². The summed E-state index contributed by atoms with van der Waals surface area (Å²) in [6.45, 7) is 2.92. The third-order valence-electron chi connectivity index (χ3n) is 2.76. The second kappa shape index (κ2) is 3.34. The number of sulfone groups is 1. The lowest BCUT2D eigenvalue weighted by molar-refractivity contribution is 0.355. The topological polar surface area (TPSA) is 49.4 Å². The highest BCUT2D eigenvalue weighted by atomic mass is 32.2. The van der Waals surface area contributed by atoms with E-state index in [1.54, 1.807) is 0 Å². The van der Waals surface area contributed by atoms with Crippen molar-refractivity contribution >= 4 is 27.2 Å². The summed E-state index contributed by atoms with van der Waals surface area (Å²) in [5.41, 5.74) is 0. The summed E-state index contributed by atoms with van der Waals surface area (Å²) in [6, 6.07) is 0.103. The lowest BCUT2D eigenvalue weighted by Gasteiger charge is -2.22. The van der Waals surface area contributed by atoms with Crippen molar-refractivity contribution in [3.63, 3.8) is 0 Å². The van der Waals surface area contributed by atoms with Crippen LogP contribution in [-0.2, 0) is 9.84 Å². The molecule has 0 amide bonds. The number of thiocarbonyl (C=S) groups is 1. The van der Waals surface area contributed by atoms with Crippen molar-refractivity contribution in [2.45, 2.75) is 25.4 Å². The van der Waals surface area contributed by atoms with Gasteiger partial charge >= 0.3 is 0 Å². The average molecular weight is 234 g/mol. The molecule has 2 atom stereocenters. The predicted octanol–water partition coefficient (Wildman–Crippen LogP) is -0.248. The van der Waals surface area contributed by atoms with Crippen LogP contribution in [0.3, 0.4) is 0 Å². The minimum Gasteiger partial charge on any atom is -0.357 e. The Bertz CT molecular complexity index is 352. The molecule has 0 aliphatic carbocycles. The molecule has 1 N–H and O–H groups in total. The van der Waals surface area contributed by atoms with E-state index in [0.717, 1.165) is 18.1 Å². The van der Waals surface area contributed by atoms with E-state index in [4.69, 9.17) is 12.2 Å². The Morgan fingerprint density at radius 2 is 2.29 bits per heavy atom. The SMILES string of the molecule is CCCN1C(=S)N[C@H]2CS(=O)(=O)C[C@@H]21. The molecule has 2 aliphatic rings. The van der Waals surface area contributed by atoms with Crippen LogP contribution in [0.1, 0.15) is 13.3 Å². The molecule has 2 heterocycles. The Hall–Kier alpha value is -0.360. The first kappa shape index (κ1) is 10.2. The molecule has 2 fully saturated rings. The highest BCUT2D eigenvalue weighted by Gasteiger charge is 2.46. The zero-order chi connectivity index (χ0) is 10.3. The standard InChI is InChI=1S/C8H14N2O2S2/c1-2-3-10-7-5-14(11,12)4-6(7)9-8(10)13/h6-7H,2-5H2,1H3,(H,9,13)/t6-,7-/m0/s1. The maximum Gasteiger partial charge on any atom is 0.169 e.